The predicted octanol–water partition coefficient (Wildman–Crippen LogP) is 1.89. The Labute approximate surface area is 125 Å². The number of hydrogen-bond acceptors (Lipinski definition) is 4. The number of nitrogen functional groups attached to an aromatic ring is 1. The van der Waals surface area contributed by atoms with Crippen molar-refractivity contribution < 1.29 is 9.90 Å². The first kappa shape index (κ1) is 14.2. The van der Waals surface area contributed by atoms with Crippen molar-refractivity contribution in [1.29, 1.82) is 0 Å². The molecule has 1 saturated carbocycles. The van der Waals surface area contributed by atoms with E-state index in [9.17, 15) is 9.90 Å². The second-order valence-corrected chi connectivity index (χ2v) is 6.15. The fraction of sp³-hybridized carbons (Fsp3) is 0.562. The highest BCUT2D eigenvalue weighted by Crippen LogP contribution is 2.35. The molecule has 0 bridgehead atoms. The van der Waals surface area contributed by atoms with Gasteiger partial charge in [-0.15, -0.1) is 0 Å². The van der Waals surface area contributed by atoms with E-state index in [-0.39, 0.29) is 18.1 Å². The minimum Gasteiger partial charge on any atom is -0.397 e. The number of amides is 1. The van der Waals surface area contributed by atoms with Gasteiger partial charge in [0.25, 0.3) is 0 Å². The van der Waals surface area contributed by atoms with Crippen molar-refractivity contribution in [3.63, 3.8) is 0 Å². The van der Waals surface area contributed by atoms with Gasteiger partial charge in [0.2, 0.25) is 5.91 Å². The Kier molecular flexibility index (Phi) is 3.76. The molecule has 0 aromatic heterocycles. The van der Waals surface area contributed by atoms with Gasteiger partial charge in [-0.05, 0) is 37.0 Å². The van der Waals surface area contributed by atoms with Crippen LogP contribution >= 0.6 is 0 Å². The number of carbonyl (C=O) groups is 1. The number of nitrogens with one attached hydrogen (secondary N) is 1. The summed E-state index contributed by atoms with van der Waals surface area (Å²) < 4.78 is 0. The number of nitrogens with two attached hydrogens (primary N) is 1. The highest BCUT2D eigenvalue weighted by atomic mass is 16.3. The van der Waals surface area contributed by atoms with Crippen molar-refractivity contribution >= 4 is 23.0 Å². The zero-order chi connectivity index (χ0) is 15.0. The Morgan fingerprint density at radius 2 is 2.05 bits per heavy atom. The van der Waals surface area contributed by atoms with Crippen LogP contribution in [0.4, 0.5) is 17.1 Å². The molecule has 114 valence electrons. The molecule has 0 spiro atoms. The largest absolute Gasteiger partial charge is 0.397 e. The molecule has 2 atom stereocenters. The summed E-state index contributed by atoms with van der Waals surface area (Å²) in [5.41, 5.74) is 9.72. The number of aliphatic hydroxyl groups is 1. The van der Waals surface area contributed by atoms with Crippen LogP contribution in [0.5, 0.6) is 0 Å². The van der Waals surface area contributed by atoms with E-state index in [0.29, 0.717) is 12.1 Å². The Morgan fingerprint density at radius 3 is 2.81 bits per heavy atom. The Morgan fingerprint density at radius 1 is 1.29 bits per heavy atom. The Hall–Kier alpha value is -1.75. The number of rotatable bonds is 2. The first-order valence-corrected chi connectivity index (χ1v) is 7.69. The van der Waals surface area contributed by atoms with E-state index in [1.54, 1.807) is 0 Å². The molecule has 1 aromatic rings. The lowest BCUT2D eigenvalue weighted by molar-refractivity contribution is -0.116. The number of carbonyl (C=O) groups excluding carboxylic acids is 1. The van der Waals surface area contributed by atoms with Crippen molar-refractivity contribution in [2.45, 2.75) is 50.7 Å². The van der Waals surface area contributed by atoms with Gasteiger partial charge in [0.1, 0.15) is 0 Å². The topological polar surface area (TPSA) is 78.6 Å². The number of aliphatic hydroxyl groups excluding tert-OH is 1. The fourth-order valence-corrected chi connectivity index (χ4v) is 3.46. The molecule has 3 rings (SSSR count). The van der Waals surface area contributed by atoms with Gasteiger partial charge in [-0.1, -0.05) is 12.8 Å². The smallest absolute Gasteiger partial charge is 0.224 e. The number of likely N-dealkylation sites (N-methyl/N-ethyl adjacent to an activating group) is 1. The van der Waals surface area contributed by atoms with Gasteiger partial charge in [-0.3, -0.25) is 4.79 Å². The summed E-state index contributed by atoms with van der Waals surface area (Å²) in [4.78, 5) is 13.6. The monoisotopic (exact) mass is 289 g/mol. The quantitative estimate of drug-likeness (QED) is 0.727. The van der Waals surface area contributed by atoms with E-state index >= 15 is 0 Å². The number of nitrogens with zero attached hydrogens (tertiary/aromatic N) is 1. The Bertz CT molecular complexity index is 559. The van der Waals surface area contributed by atoms with Gasteiger partial charge in [0.15, 0.2) is 0 Å². The number of hydrogen-bond donors (Lipinski definition) is 3. The first-order valence-electron chi connectivity index (χ1n) is 7.69. The van der Waals surface area contributed by atoms with Crippen LogP contribution < -0.4 is 16.0 Å². The van der Waals surface area contributed by atoms with E-state index in [4.69, 9.17) is 5.73 Å². The molecular formula is C16H23N3O2. The van der Waals surface area contributed by atoms with Crippen LogP contribution in [0.15, 0.2) is 12.1 Å². The fourth-order valence-electron chi connectivity index (χ4n) is 3.46. The molecule has 1 aliphatic carbocycles. The Balaban J connectivity index is 1.89. The van der Waals surface area contributed by atoms with Crippen LogP contribution in [-0.2, 0) is 11.2 Å². The summed E-state index contributed by atoms with van der Waals surface area (Å²) in [6, 6.07) is 4.02. The third-order valence-corrected chi connectivity index (χ3v) is 4.72. The van der Waals surface area contributed by atoms with Crippen molar-refractivity contribution in [2.75, 3.05) is 23.0 Å². The average molecular weight is 289 g/mol. The van der Waals surface area contributed by atoms with Crippen molar-refractivity contribution in [2.24, 2.45) is 0 Å². The maximum Gasteiger partial charge on any atom is 0.224 e. The standard InChI is InChI=1S/C16H23N3O2/c1-19(13-4-2-3-5-15(13)20)14-8-10-6-7-16(21)18-12(10)9-11(14)17/h8-9,13,15,20H,2-7,17H2,1H3,(H,18,21). The molecule has 0 saturated heterocycles. The molecule has 1 heterocycles. The van der Waals surface area contributed by atoms with Gasteiger partial charge >= 0.3 is 0 Å². The molecule has 4 N–H and O–H groups in total. The lowest BCUT2D eigenvalue weighted by Crippen LogP contribution is -2.43. The highest BCUT2D eigenvalue weighted by Gasteiger charge is 2.28. The normalized spacial score (nSPS) is 25.1. The van der Waals surface area contributed by atoms with Crippen LogP contribution in [0.25, 0.3) is 0 Å². The maximum absolute atomic E-state index is 11.5. The predicted molar refractivity (Wildman–Crippen MR) is 84.5 cm³/mol. The second-order valence-electron chi connectivity index (χ2n) is 6.15. The molecule has 0 radical (unpaired) electrons. The molecule has 21 heavy (non-hydrogen) atoms. The maximum atomic E-state index is 11.5. The number of anilines is 3. The zero-order valence-electron chi connectivity index (χ0n) is 12.4. The summed E-state index contributed by atoms with van der Waals surface area (Å²) in [6.45, 7) is 0. The SMILES string of the molecule is CN(c1cc2c(cc1N)NC(=O)CC2)C1CCCCC1O. The van der Waals surface area contributed by atoms with Crippen LogP contribution in [-0.4, -0.2) is 30.2 Å². The number of aryl methyl sites for hydroxylation is 1. The highest BCUT2D eigenvalue weighted by molar-refractivity contribution is 5.95. The number of benzene rings is 1. The van der Waals surface area contributed by atoms with Crippen LogP contribution in [0, 0.1) is 0 Å². The van der Waals surface area contributed by atoms with Gasteiger partial charge < -0.3 is 21.1 Å². The summed E-state index contributed by atoms with van der Waals surface area (Å²) in [5.74, 6) is 0.0470. The van der Waals surface area contributed by atoms with Crippen LogP contribution in [0.1, 0.15) is 37.7 Å². The van der Waals surface area contributed by atoms with Crippen molar-refractivity contribution in [3.8, 4) is 0 Å². The number of fused-ring (bicyclic) bond motifs is 1. The van der Waals surface area contributed by atoms with Crippen molar-refractivity contribution in [1.82, 2.24) is 0 Å². The summed E-state index contributed by atoms with van der Waals surface area (Å²) in [7, 11) is 2.00. The first-order chi connectivity index (χ1) is 10.1. The van der Waals surface area contributed by atoms with Gasteiger partial charge in [-0.25, -0.2) is 0 Å². The molecule has 1 aromatic carbocycles. The molecular weight excluding hydrogens is 266 g/mol. The van der Waals surface area contributed by atoms with Gasteiger partial charge in [0.05, 0.1) is 23.5 Å². The molecule has 1 fully saturated rings. The molecule has 1 aliphatic heterocycles. The van der Waals surface area contributed by atoms with Crippen LogP contribution in [0.2, 0.25) is 0 Å². The van der Waals surface area contributed by atoms with E-state index in [1.165, 1.54) is 0 Å². The molecule has 2 unspecified atom stereocenters. The third kappa shape index (κ3) is 2.70. The molecule has 5 nitrogen and oxygen atoms in total. The third-order valence-electron chi connectivity index (χ3n) is 4.72. The van der Waals surface area contributed by atoms with Crippen molar-refractivity contribution in [3.05, 3.63) is 17.7 Å². The summed E-state index contributed by atoms with van der Waals surface area (Å²) in [6.07, 6.45) is 5.06. The van der Waals surface area contributed by atoms with E-state index < -0.39 is 0 Å². The lowest BCUT2D eigenvalue weighted by atomic mass is 9.91. The van der Waals surface area contributed by atoms with E-state index in [2.05, 4.69) is 16.3 Å². The minimum absolute atomic E-state index is 0.0470. The second kappa shape index (κ2) is 5.56. The van der Waals surface area contributed by atoms with E-state index in [0.717, 1.165) is 49.0 Å². The van der Waals surface area contributed by atoms with E-state index in [1.807, 2.05) is 13.1 Å². The molecule has 2 aliphatic rings. The molecule has 5 heteroatoms. The van der Waals surface area contributed by atoms with Gasteiger partial charge in [-0.2, -0.15) is 0 Å². The van der Waals surface area contributed by atoms with Crippen LogP contribution in [0.3, 0.4) is 0 Å². The summed E-state index contributed by atoms with van der Waals surface area (Å²) in [5, 5.41) is 13.1. The average Bonchev–Trinajstić information content (AvgIpc) is 2.46. The summed E-state index contributed by atoms with van der Waals surface area (Å²) >= 11 is 0. The molecule has 1 amide bonds. The minimum atomic E-state index is -0.293. The zero-order valence-corrected chi connectivity index (χ0v) is 12.4. The van der Waals surface area contributed by atoms with Gasteiger partial charge in [0, 0.05) is 19.2 Å². The lowest BCUT2D eigenvalue weighted by Gasteiger charge is -2.37.